The zero-order chi connectivity index (χ0) is 32.6. The Morgan fingerprint density at radius 3 is 1.67 bits per heavy atom. The summed E-state index contributed by atoms with van der Waals surface area (Å²) in [5, 5.41) is 0. The first-order chi connectivity index (χ1) is 22.0. The minimum absolute atomic E-state index is 0.0102. The molecule has 3 atom stereocenters. The van der Waals surface area contributed by atoms with Crippen molar-refractivity contribution in [3.8, 4) is 0 Å². The van der Waals surface area contributed by atoms with Crippen molar-refractivity contribution in [1.29, 1.82) is 0 Å². The quantitative estimate of drug-likeness (QED) is 0.200. The van der Waals surface area contributed by atoms with Gasteiger partial charge < -0.3 is 4.74 Å². The smallest absolute Gasteiger partial charge is 0.244 e. The van der Waals surface area contributed by atoms with Gasteiger partial charge in [-0.15, -0.1) is 0 Å². The lowest BCUT2D eigenvalue weighted by atomic mass is 9.84. The molecule has 2 aliphatic rings. The predicted octanol–water partition coefficient (Wildman–Crippen LogP) is 7.24. The molecule has 1 fully saturated rings. The Balaban J connectivity index is 1.56. The molecular formula is C37H40N2O5S2. The van der Waals surface area contributed by atoms with Gasteiger partial charge in [-0.05, 0) is 69.5 Å². The molecule has 0 aliphatic carbocycles. The van der Waals surface area contributed by atoms with Crippen LogP contribution in [0.15, 0.2) is 124 Å². The fraction of sp³-hybridized carbons (Fsp3) is 0.297. The van der Waals surface area contributed by atoms with Crippen molar-refractivity contribution in [2.75, 3.05) is 13.2 Å². The summed E-state index contributed by atoms with van der Waals surface area (Å²) in [6.07, 6.45) is 0.525. The van der Waals surface area contributed by atoms with Gasteiger partial charge in [0.2, 0.25) is 20.0 Å². The van der Waals surface area contributed by atoms with Crippen LogP contribution in [-0.2, 0) is 24.8 Å². The first kappa shape index (κ1) is 32.2. The first-order valence-corrected chi connectivity index (χ1v) is 18.5. The maximum absolute atomic E-state index is 14.8. The van der Waals surface area contributed by atoms with E-state index >= 15 is 0 Å². The standard InChI is InChI=1S/C37H40N2O5S2/c1-5-44-37-24-35(30-17-11-26(2)12-18-30)39(46(42,43)32-21-15-28(4)16-22-32)36-23-34(29-9-7-6-8-10-29)38(25-33(36)37)45(40,41)31-19-13-27(3)14-20-31/h6-22,34-36H,5,23-25H2,1-4H3/t34?,35?,36-/m0/s1. The van der Waals surface area contributed by atoms with Crippen molar-refractivity contribution in [2.24, 2.45) is 0 Å². The van der Waals surface area contributed by atoms with E-state index in [4.69, 9.17) is 4.74 Å². The molecule has 240 valence electrons. The predicted molar refractivity (Wildman–Crippen MR) is 180 cm³/mol. The van der Waals surface area contributed by atoms with E-state index in [1.54, 1.807) is 40.7 Å². The number of ether oxygens (including phenoxy) is 1. The fourth-order valence-electron chi connectivity index (χ4n) is 6.62. The van der Waals surface area contributed by atoms with E-state index in [9.17, 15) is 16.8 Å². The normalized spacial score (nSPS) is 21.2. The van der Waals surface area contributed by atoms with Gasteiger partial charge in [0.1, 0.15) is 0 Å². The highest BCUT2D eigenvalue weighted by Gasteiger charge is 2.51. The minimum Gasteiger partial charge on any atom is -0.498 e. The Labute approximate surface area is 273 Å². The van der Waals surface area contributed by atoms with Crippen LogP contribution < -0.4 is 0 Å². The zero-order valence-corrected chi connectivity index (χ0v) is 28.3. The van der Waals surface area contributed by atoms with Crippen LogP contribution in [-0.4, -0.2) is 44.6 Å². The van der Waals surface area contributed by atoms with Gasteiger partial charge in [0.15, 0.2) is 0 Å². The summed E-state index contributed by atoms with van der Waals surface area (Å²) in [5.41, 5.74) is 5.36. The number of piperidine rings is 1. The summed E-state index contributed by atoms with van der Waals surface area (Å²) in [6.45, 7) is 8.14. The number of sulfonamides is 2. The summed E-state index contributed by atoms with van der Waals surface area (Å²) >= 11 is 0. The molecular weight excluding hydrogens is 617 g/mol. The fourth-order valence-corrected chi connectivity index (χ4v) is 10.0. The van der Waals surface area contributed by atoms with Crippen LogP contribution in [0.2, 0.25) is 0 Å². The third kappa shape index (κ3) is 6.05. The lowest BCUT2D eigenvalue weighted by Crippen LogP contribution is -2.54. The van der Waals surface area contributed by atoms with E-state index in [-0.39, 0.29) is 22.8 Å². The molecule has 46 heavy (non-hydrogen) atoms. The molecule has 1 saturated heterocycles. The summed E-state index contributed by atoms with van der Waals surface area (Å²) in [7, 11) is -8.00. The Kier molecular flexibility index (Phi) is 8.95. The maximum Gasteiger partial charge on any atom is 0.244 e. The van der Waals surface area contributed by atoms with Gasteiger partial charge in [0, 0.05) is 18.5 Å². The molecule has 2 heterocycles. The first-order valence-electron chi connectivity index (χ1n) is 15.7. The van der Waals surface area contributed by atoms with Crippen molar-refractivity contribution in [3.63, 3.8) is 0 Å². The van der Waals surface area contributed by atoms with Gasteiger partial charge in [-0.25, -0.2) is 16.8 Å². The molecule has 4 aromatic rings. The average Bonchev–Trinajstić information content (AvgIpc) is 3.05. The lowest BCUT2D eigenvalue weighted by molar-refractivity contribution is 0.118. The molecule has 2 unspecified atom stereocenters. The van der Waals surface area contributed by atoms with E-state index < -0.39 is 38.2 Å². The van der Waals surface area contributed by atoms with Crippen LogP contribution in [0, 0.1) is 20.8 Å². The molecule has 0 N–H and O–H groups in total. The highest BCUT2D eigenvalue weighted by Crippen LogP contribution is 2.49. The molecule has 0 amide bonds. The van der Waals surface area contributed by atoms with E-state index in [2.05, 4.69) is 0 Å². The summed E-state index contributed by atoms with van der Waals surface area (Å²) in [5.74, 6) is 0.657. The number of hydrogen-bond donors (Lipinski definition) is 0. The number of benzene rings is 4. The number of nitrogens with zero attached hydrogens (tertiary/aromatic N) is 2. The third-order valence-electron chi connectivity index (χ3n) is 9.06. The molecule has 0 spiro atoms. The van der Waals surface area contributed by atoms with Crippen LogP contribution in [0.1, 0.15) is 59.7 Å². The van der Waals surface area contributed by atoms with E-state index in [1.165, 1.54) is 4.31 Å². The SMILES string of the molecule is CCOC1=C2CN(S(=O)(=O)c3ccc(C)cc3)C(c3ccccc3)C[C@@H]2N(S(=O)(=O)c2ccc(C)cc2)C(c2ccc(C)cc2)C1. The van der Waals surface area contributed by atoms with Crippen LogP contribution in [0.25, 0.3) is 0 Å². The number of fused-ring (bicyclic) bond motifs is 1. The Morgan fingerprint density at radius 1 is 0.630 bits per heavy atom. The van der Waals surface area contributed by atoms with Gasteiger partial charge in [-0.1, -0.05) is 95.6 Å². The van der Waals surface area contributed by atoms with Crippen LogP contribution in [0.4, 0.5) is 0 Å². The Hall–Kier alpha value is -3.76. The van der Waals surface area contributed by atoms with Crippen molar-refractivity contribution in [3.05, 3.63) is 142 Å². The monoisotopic (exact) mass is 656 g/mol. The minimum atomic E-state index is -4.03. The number of hydrogen-bond acceptors (Lipinski definition) is 5. The molecule has 2 aliphatic heterocycles. The molecule has 0 aromatic heterocycles. The van der Waals surface area contributed by atoms with Crippen molar-refractivity contribution >= 4 is 20.0 Å². The van der Waals surface area contributed by atoms with Crippen LogP contribution in [0.5, 0.6) is 0 Å². The second-order valence-corrected chi connectivity index (χ2v) is 15.9. The Bertz CT molecular complexity index is 1940. The molecule has 9 heteroatoms. The highest BCUT2D eigenvalue weighted by molar-refractivity contribution is 7.89. The summed E-state index contributed by atoms with van der Waals surface area (Å²) < 4.78 is 67.8. The molecule has 0 saturated carbocycles. The van der Waals surface area contributed by atoms with Crippen LogP contribution >= 0.6 is 0 Å². The average molecular weight is 657 g/mol. The zero-order valence-electron chi connectivity index (χ0n) is 26.6. The van der Waals surface area contributed by atoms with E-state index in [0.29, 0.717) is 24.4 Å². The van der Waals surface area contributed by atoms with E-state index in [1.807, 2.05) is 94.4 Å². The maximum atomic E-state index is 14.8. The summed E-state index contributed by atoms with van der Waals surface area (Å²) in [4.78, 5) is 0.411. The molecule has 4 aromatic carbocycles. The van der Waals surface area contributed by atoms with Gasteiger partial charge in [-0.2, -0.15) is 8.61 Å². The lowest BCUT2D eigenvalue weighted by Gasteiger charge is -2.49. The molecule has 0 radical (unpaired) electrons. The summed E-state index contributed by atoms with van der Waals surface area (Å²) in [6, 6.07) is 29.5. The van der Waals surface area contributed by atoms with Crippen molar-refractivity contribution in [1.82, 2.24) is 8.61 Å². The third-order valence-corrected chi connectivity index (χ3v) is 12.9. The van der Waals surface area contributed by atoms with Gasteiger partial charge in [0.25, 0.3) is 0 Å². The molecule has 0 bridgehead atoms. The van der Waals surface area contributed by atoms with Gasteiger partial charge in [0.05, 0.1) is 40.3 Å². The second-order valence-electron chi connectivity index (χ2n) is 12.2. The molecule has 6 rings (SSSR count). The van der Waals surface area contributed by atoms with E-state index in [0.717, 1.165) is 27.8 Å². The largest absolute Gasteiger partial charge is 0.498 e. The molecule has 7 nitrogen and oxygen atoms in total. The number of aryl methyl sites for hydroxylation is 3. The van der Waals surface area contributed by atoms with Crippen molar-refractivity contribution < 1.29 is 21.6 Å². The second kappa shape index (κ2) is 12.8. The Morgan fingerprint density at radius 2 is 1.13 bits per heavy atom. The van der Waals surface area contributed by atoms with Gasteiger partial charge >= 0.3 is 0 Å². The highest BCUT2D eigenvalue weighted by atomic mass is 32.2. The van der Waals surface area contributed by atoms with Gasteiger partial charge in [-0.3, -0.25) is 0 Å². The van der Waals surface area contributed by atoms with Crippen LogP contribution in [0.3, 0.4) is 0 Å². The topological polar surface area (TPSA) is 84.0 Å². The number of rotatable bonds is 8. The van der Waals surface area contributed by atoms with Crippen molar-refractivity contribution in [2.45, 2.75) is 68.5 Å².